The van der Waals surface area contributed by atoms with Crippen molar-refractivity contribution < 1.29 is 12.8 Å². The first-order valence-corrected chi connectivity index (χ1v) is 12.5. The maximum Gasteiger partial charge on any atom is 0.277 e. The number of aromatic nitrogens is 2. The Morgan fingerprint density at radius 2 is 1.83 bits per heavy atom. The van der Waals surface area contributed by atoms with Crippen LogP contribution in [0.5, 0.6) is 0 Å². The summed E-state index contributed by atoms with van der Waals surface area (Å²) in [5.74, 6) is 0.338. The highest BCUT2D eigenvalue weighted by Gasteiger charge is 2.24. The molecule has 0 saturated carbocycles. The largest absolute Gasteiger partial charge is 0.411 e. The Bertz CT molecular complexity index is 1120. The van der Waals surface area contributed by atoms with Gasteiger partial charge in [0.2, 0.25) is 15.9 Å². The lowest BCUT2D eigenvalue weighted by molar-refractivity contribution is 0.445. The third kappa shape index (κ3) is 4.31. The smallest absolute Gasteiger partial charge is 0.277 e. The van der Waals surface area contributed by atoms with Crippen LogP contribution in [0.1, 0.15) is 31.4 Å². The highest BCUT2D eigenvalue weighted by atomic mass is 32.2. The molecule has 1 unspecified atom stereocenters. The minimum Gasteiger partial charge on any atom is -0.411 e. The molecule has 0 saturated heterocycles. The van der Waals surface area contributed by atoms with Crippen LogP contribution < -0.4 is 0 Å². The molecule has 2 aromatic carbocycles. The van der Waals surface area contributed by atoms with Crippen molar-refractivity contribution in [3.63, 3.8) is 0 Å². The molecule has 0 N–H and O–H groups in total. The minimum absolute atomic E-state index is 0.236. The number of rotatable bonds is 7. The van der Waals surface area contributed by atoms with E-state index in [1.54, 1.807) is 36.0 Å². The minimum atomic E-state index is -3.54. The number of hydrogen-bond acceptors (Lipinski definition) is 6. The van der Waals surface area contributed by atoms with Crippen LogP contribution in [-0.4, -0.2) is 41.3 Å². The van der Waals surface area contributed by atoms with E-state index in [1.165, 1.54) is 15.4 Å². The van der Waals surface area contributed by atoms with Gasteiger partial charge in [-0.1, -0.05) is 55.9 Å². The second-order valence-electron chi connectivity index (χ2n) is 7.24. The van der Waals surface area contributed by atoms with Gasteiger partial charge in [-0.25, -0.2) is 8.42 Å². The van der Waals surface area contributed by atoms with Crippen LogP contribution >= 0.6 is 11.8 Å². The quantitative estimate of drug-likeness (QED) is 0.538. The Kier molecular flexibility index (Phi) is 6.26. The lowest BCUT2D eigenvalue weighted by Gasteiger charge is -2.22. The molecule has 1 heterocycles. The standard InChI is InChI=1S/C22H25N3O3S2/c1-3-25(4-2)30(26,27)20-11-7-10-18(15-20)21-23-24-22(28-21)29-19-13-12-16-8-5-6-9-17(16)14-19/h5-11,15,19H,3-4,12-14H2,1-2H3. The highest BCUT2D eigenvalue weighted by molar-refractivity contribution is 7.99. The van der Waals surface area contributed by atoms with Crippen molar-refractivity contribution in [3.05, 3.63) is 59.7 Å². The zero-order chi connectivity index (χ0) is 21.1. The van der Waals surface area contributed by atoms with Crippen LogP contribution in [0.25, 0.3) is 11.5 Å². The predicted octanol–water partition coefficient (Wildman–Crippen LogP) is 4.42. The molecule has 0 aliphatic heterocycles. The van der Waals surface area contributed by atoms with Gasteiger partial charge in [0.25, 0.3) is 5.22 Å². The maximum atomic E-state index is 12.8. The molecule has 1 aliphatic carbocycles. The van der Waals surface area contributed by atoms with Gasteiger partial charge in [-0.15, -0.1) is 10.2 Å². The molecule has 1 aliphatic rings. The van der Waals surface area contributed by atoms with Crippen molar-refractivity contribution in [3.8, 4) is 11.5 Å². The Morgan fingerprint density at radius 3 is 2.60 bits per heavy atom. The summed E-state index contributed by atoms with van der Waals surface area (Å²) in [4.78, 5) is 0.236. The molecule has 1 aromatic heterocycles. The van der Waals surface area contributed by atoms with E-state index < -0.39 is 10.0 Å². The number of hydrogen-bond donors (Lipinski definition) is 0. The maximum absolute atomic E-state index is 12.8. The monoisotopic (exact) mass is 443 g/mol. The number of aryl methyl sites for hydroxylation is 1. The second kappa shape index (κ2) is 8.91. The van der Waals surface area contributed by atoms with Crippen molar-refractivity contribution in [2.24, 2.45) is 0 Å². The van der Waals surface area contributed by atoms with Crippen LogP contribution in [0.15, 0.2) is 63.1 Å². The van der Waals surface area contributed by atoms with Crippen LogP contribution in [0.3, 0.4) is 0 Å². The van der Waals surface area contributed by atoms with E-state index in [2.05, 4.69) is 34.5 Å². The topological polar surface area (TPSA) is 76.3 Å². The molecular weight excluding hydrogens is 418 g/mol. The normalized spacial score (nSPS) is 16.6. The molecule has 3 aromatic rings. The molecule has 1 atom stereocenters. The van der Waals surface area contributed by atoms with Gasteiger partial charge in [-0.3, -0.25) is 0 Å². The van der Waals surface area contributed by atoms with E-state index >= 15 is 0 Å². The lowest BCUT2D eigenvalue weighted by atomic mass is 9.92. The van der Waals surface area contributed by atoms with Gasteiger partial charge in [-0.05, 0) is 48.6 Å². The average molecular weight is 444 g/mol. The SMILES string of the molecule is CCN(CC)S(=O)(=O)c1cccc(-c2nnc(SC3CCc4ccccc4C3)o2)c1. The van der Waals surface area contributed by atoms with Gasteiger partial charge in [0.15, 0.2) is 0 Å². The van der Waals surface area contributed by atoms with Crippen LogP contribution in [0, 0.1) is 0 Å². The highest BCUT2D eigenvalue weighted by Crippen LogP contribution is 2.34. The number of thioether (sulfide) groups is 1. The van der Waals surface area contributed by atoms with Crippen LogP contribution in [0.4, 0.5) is 0 Å². The summed E-state index contributed by atoms with van der Waals surface area (Å²) in [7, 11) is -3.54. The molecule has 158 valence electrons. The Labute approximate surface area is 181 Å². The summed E-state index contributed by atoms with van der Waals surface area (Å²) in [5, 5.41) is 9.26. The Balaban J connectivity index is 1.51. The van der Waals surface area contributed by atoms with Crippen molar-refractivity contribution >= 4 is 21.8 Å². The molecule has 30 heavy (non-hydrogen) atoms. The van der Waals surface area contributed by atoms with E-state index in [9.17, 15) is 8.42 Å². The average Bonchev–Trinajstić information content (AvgIpc) is 3.23. The first-order valence-electron chi connectivity index (χ1n) is 10.2. The van der Waals surface area contributed by atoms with E-state index in [0.717, 1.165) is 19.3 Å². The second-order valence-corrected chi connectivity index (χ2v) is 10.4. The first kappa shape index (κ1) is 21.1. The van der Waals surface area contributed by atoms with Gasteiger partial charge in [0.1, 0.15) is 0 Å². The van der Waals surface area contributed by atoms with Gasteiger partial charge in [-0.2, -0.15) is 4.31 Å². The van der Waals surface area contributed by atoms with Gasteiger partial charge in [0, 0.05) is 23.9 Å². The van der Waals surface area contributed by atoms with Crippen LogP contribution in [0.2, 0.25) is 0 Å². The summed E-state index contributed by atoms with van der Waals surface area (Å²) >= 11 is 1.60. The zero-order valence-electron chi connectivity index (χ0n) is 17.1. The van der Waals surface area contributed by atoms with Gasteiger partial charge >= 0.3 is 0 Å². The van der Waals surface area contributed by atoms with E-state index in [1.807, 2.05) is 13.8 Å². The Hall–Kier alpha value is -2.16. The molecular formula is C22H25N3O3S2. The molecule has 4 rings (SSSR count). The fourth-order valence-electron chi connectivity index (χ4n) is 3.78. The molecule has 0 radical (unpaired) electrons. The van der Waals surface area contributed by atoms with E-state index in [-0.39, 0.29) is 4.90 Å². The summed E-state index contributed by atoms with van der Waals surface area (Å²) in [6.45, 7) is 4.51. The zero-order valence-corrected chi connectivity index (χ0v) is 18.7. The summed E-state index contributed by atoms with van der Waals surface area (Å²) in [6.07, 6.45) is 3.10. The molecule has 6 nitrogen and oxygen atoms in total. The summed E-state index contributed by atoms with van der Waals surface area (Å²) in [5.41, 5.74) is 3.42. The third-order valence-corrected chi connectivity index (χ3v) is 8.55. The predicted molar refractivity (Wildman–Crippen MR) is 118 cm³/mol. The third-order valence-electron chi connectivity index (χ3n) is 5.40. The van der Waals surface area contributed by atoms with Gasteiger partial charge in [0.05, 0.1) is 4.90 Å². The van der Waals surface area contributed by atoms with Crippen molar-refractivity contribution in [2.75, 3.05) is 13.1 Å². The molecule has 0 fully saturated rings. The first-order chi connectivity index (χ1) is 14.5. The number of sulfonamides is 1. The van der Waals surface area contributed by atoms with Crippen molar-refractivity contribution in [1.82, 2.24) is 14.5 Å². The molecule has 0 amide bonds. The summed E-state index contributed by atoms with van der Waals surface area (Å²) < 4.78 is 32.9. The number of benzene rings is 2. The van der Waals surface area contributed by atoms with Crippen LogP contribution in [-0.2, 0) is 22.9 Å². The van der Waals surface area contributed by atoms with Crippen molar-refractivity contribution in [1.29, 1.82) is 0 Å². The fourth-order valence-corrected chi connectivity index (χ4v) is 6.29. The molecule has 0 bridgehead atoms. The molecule has 8 heteroatoms. The lowest BCUT2D eigenvalue weighted by Crippen LogP contribution is -2.30. The van der Waals surface area contributed by atoms with Crippen molar-refractivity contribution in [2.45, 2.75) is 48.5 Å². The number of nitrogens with zero attached hydrogens (tertiary/aromatic N) is 3. The van der Waals surface area contributed by atoms with E-state index in [0.29, 0.717) is 35.0 Å². The summed E-state index contributed by atoms with van der Waals surface area (Å²) in [6, 6.07) is 15.3. The Morgan fingerprint density at radius 1 is 1.07 bits per heavy atom. The number of fused-ring (bicyclic) bond motifs is 1. The van der Waals surface area contributed by atoms with E-state index in [4.69, 9.17) is 4.42 Å². The fraction of sp³-hybridized carbons (Fsp3) is 0.364. The van der Waals surface area contributed by atoms with Gasteiger partial charge < -0.3 is 4.42 Å². The molecule has 0 spiro atoms.